The predicted molar refractivity (Wildman–Crippen MR) is 77.0 cm³/mol. The number of hydrogen-bond acceptors (Lipinski definition) is 4. The van der Waals surface area contributed by atoms with Gasteiger partial charge in [0.25, 0.3) is 5.56 Å². The van der Waals surface area contributed by atoms with Crippen molar-refractivity contribution in [3.05, 3.63) is 52.3 Å². The topological polar surface area (TPSA) is 95.8 Å². The third kappa shape index (κ3) is 2.24. The van der Waals surface area contributed by atoms with Crippen LogP contribution in [-0.4, -0.2) is 25.5 Å². The van der Waals surface area contributed by atoms with E-state index in [4.69, 9.17) is 5.73 Å². The number of rotatable bonds is 3. The highest BCUT2D eigenvalue weighted by molar-refractivity contribution is 5.81. The summed E-state index contributed by atoms with van der Waals surface area (Å²) in [5.41, 5.74) is 5.98. The standard InChI is InChI=1S/C14H12FN5O2/c1-8-11-6-17-20(10-4-2-9(15)3-5-10)13(11)14(22)19(18-8)7-12(16)21/h2-6H,7H2,1H3,(H2,16,21). The molecule has 1 amide bonds. The number of amides is 1. The van der Waals surface area contributed by atoms with Crippen LogP contribution in [0.2, 0.25) is 0 Å². The first-order valence-electron chi connectivity index (χ1n) is 6.47. The minimum Gasteiger partial charge on any atom is -0.368 e. The van der Waals surface area contributed by atoms with E-state index in [9.17, 15) is 14.0 Å². The summed E-state index contributed by atoms with van der Waals surface area (Å²) in [5, 5.41) is 8.78. The number of nitrogens with two attached hydrogens (primary N) is 1. The van der Waals surface area contributed by atoms with Crippen molar-refractivity contribution in [3.63, 3.8) is 0 Å². The molecule has 0 fully saturated rings. The van der Waals surface area contributed by atoms with Crippen LogP contribution in [0.5, 0.6) is 0 Å². The number of nitrogens with zero attached hydrogens (tertiary/aromatic N) is 4. The molecule has 3 aromatic rings. The van der Waals surface area contributed by atoms with Crippen molar-refractivity contribution in [1.82, 2.24) is 19.6 Å². The first-order valence-corrected chi connectivity index (χ1v) is 6.47. The number of primary amides is 1. The van der Waals surface area contributed by atoms with E-state index < -0.39 is 11.5 Å². The SMILES string of the molecule is Cc1nn(CC(N)=O)c(=O)c2c1cnn2-c1ccc(F)cc1. The summed E-state index contributed by atoms with van der Waals surface area (Å²) in [6, 6.07) is 5.57. The van der Waals surface area contributed by atoms with Gasteiger partial charge in [0.05, 0.1) is 17.6 Å². The van der Waals surface area contributed by atoms with E-state index in [1.165, 1.54) is 35.1 Å². The highest BCUT2D eigenvalue weighted by atomic mass is 19.1. The van der Waals surface area contributed by atoms with Gasteiger partial charge in [0.1, 0.15) is 17.9 Å². The van der Waals surface area contributed by atoms with Gasteiger partial charge in [-0.3, -0.25) is 9.59 Å². The zero-order valence-electron chi connectivity index (χ0n) is 11.7. The van der Waals surface area contributed by atoms with Crippen molar-refractivity contribution in [2.45, 2.75) is 13.5 Å². The molecule has 0 saturated heterocycles. The number of aryl methyl sites for hydroxylation is 1. The smallest absolute Gasteiger partial charge is 0.293 e. The van der Waals surface area contributed by atoms with E-state index in [0.717, 1.165) is 4.68 Å². The molecule has 7 nitrogen and oxygen atoms in total. The fourth-order valence-corrected chi connectivity index (χ4v) is 2.25. The summed E-state index contributed by atoms with van der Waals surface area (Å²) in [4.78, 5) is 23.6. The van der Waals surface area contributed by atoms with Crippen LogP contribution in [0.1, 0.15) is 5.69 Å². The Balaban J connectivity index is 2.29. The molecule has 0 atom stereocenters. The van der Waals surface area contributed by atoms with Crippen LogP contribution in [0.4, 0.5) is 4.39 Å². The summed E-state index contributed by atoms with van der Waals surface area (Å²) < 4.78 is 15.4. The lowest BCUT2D eigenvalue weighted by Gasteiger charge is -2.07. The summed E-state index contributed by atoms with van der Waals surface area (Å²) in [5.74, 6) is -1.05. The Hall–Kier alpha value is -3.03. The van der Waals surface area contributed by atoms with Crippen molar-refractivity contribution < 1.29 is 9.18 Å². The molecule has 8 heteroatoms. The summed E-state index contributed by atoms with van der Waals surface area (Å²) in [7, 11) is 0. The molecule has 3 rings (SSSR count). The number of hydrogen-bond donors (Lipinski definition) is 1. The largest absolute Gasteiger partial charge is 0.368 e. The second-order valence-corrected chi connectivity index (χ2v) is 4.81. The first-order chi connectivity index (χ1) is 10.5. The monoisotopic (exact) mass is 301 g/mol. The molecule has 22 heavy (non-hydrogen) atoms. The molecule has 0 unspecified atom stereocenters. The van der Waals surface area contributed by atoms with E-state index in [1.807, 2.05) is 0 Å². The molecule has 2 aromatic heterocycles. The van der Waals surface area contributed by atoms with Crippen LogP contribution in [0.15, 0.2) is 35.3 Å². The minimum absolute atomic E-state index is 0.264. The van der Waals surface area contributed by atoms with Crippen LogP contribution in [0.3, 0.4) is 0 Å². The van der Waals surface area contributed by atoms with Gasteiger partial charge in [-0.05, 0) is 31.2 Å². The van der Waals surface area contributed by atoms with Gasteiger partial charge in [-0.1, -0.05) is 0 Å². The van der Waals surface area contributed by atoms with Gasteiger partial charge in [0.15, 0.2) is 0 Å². The van der Waals surface area contributed by atoms with Crippen molar-refractivity contribution in [3.8, 4) is 5.69 Å². The highest BCUT2D eigenvalue weighted by Crippen LogP contribution is 2.17. The lowest BCUT2D eigenvalue weighted by atomic mass is 10.2. The number of carbonyl (C=O) groups is 1. The first kappa shape index (κ1) is 13.9. The third-order valence-corrected chi connectivity index (χ3v) is 3.24. The molecule has 0 bridgehead atoms. The fourth-order valence-electron chi connectivity index (χ4n) is 2.25. The predicted octanol–water partition coefficient (Wildman–Crippen LogP) is 0.515. The molecule has 112 valence electrons. The zero-order chi connectivity index (χ0) is 15.9. The number of halogens is 1. The maximum atomic E-state index is 13.0. The molecule has 2 heterocycles. The second-order valence-electron chi connectivity index (χ2n) is 4.81. The lowest BCUT2D eigenvalue weighted by Crippen LogP contribution is -2.31. The van der Waals surface area contributed by atoms with Gasteiger partial charge in [0.2, 0.25) is 5.91 Å². The van der Waals surface area contributed by atoms with Crippen LogP contribution >= 0.6 is 0 Å². The van der Waals surface area contributed by atoms with Crippen molar-refractivity contribution in [1.29, 1.82) is 0 Å². The van der Waals surface area contributed by atoms with E-state index in [-0.39, 0.29) is 17.9 Å². The van der Waals surface area contributed by atoms with Crippen LogP contribution in [-0.2, 0) is 11.3 Å². The molecule has 0 radical (unpaired) electrons. The Morgan fingerprint density at radius 2 is 2.00 bits per heavy atom. The minimum atomic E-state index is -0.666. The van der Waals surface area contributed by atoms with Gasteiger partial charge < -0.3 is 5.73 Å². The normalized spacial score (nSPS) is 11.0. The summed E-state index contributed by atoms with van der Waals surface area (Å²) in [6.45, 7) is 1.39. The number of fused-ring (bicyclic) bond motifs is 1. The van der Waals surface area contributed by atoms with Gasteiger partial charge >= 0.3 is 0 Å². The van der Waals surface area contributed by atoms with Gasteiger partial charge in [-0.15, -0.1) is 0 Å². The van der Waals surface area contributed by atoms with E-state index >= 15 is 0 Å². The number of benzene rings is 1. The molecule has 0 aliphatic heterocycles. The van der Waals surface area contributed by atoms with Crippen molar-refractivity contribution >= 4 is 16.8 Å². The zero-order valence-corrected chi connectivity index (χ0v) is 11.7. The molecule has 0 saturated carbocycles. The molecule has 1 aromatic carbocycles. The maximum absolute atomic E-state index is 13.0. The quantitative estimate of drug-likeness (QED) is 0.762. The van der Waals surface area contributed by atoms with Crippen molar-refractivity contribution in [2.24, 2.45) is 5.73 Å². The average Bonchev–Trinajstić information content (AvgIpc) is 2.90. The van der Waals surface area contributed by atoms with Gasteiger partial charge in [0, 0.05) is 5.39 Å². The Bertz CT molecular complexity index is 927. The molecule has 0 aliphatic carbocycles. The van der Waals surface area contributed by atoms with Crippen LogP contribution < -0.4 is 11.3 Å². The summed E-state index contributed by atoms with van der Waals surface area (Å²) >= 11 is 0. The van der Waals surface area contributed by atoms with Gasteiger partial charge in [-0.25, -0.2) is 13.8 Å². The molecule has 0 aliphatic rings. The Morgan fingerprint density at radius 3 is 2.64 bits per heavy atom. The molecular weight excluding hydrogens is 289 g/mol. The molecular formula is C14H12FN5O2. The van der Waals surface area contributed by atoms with E-state index in [0.29, 0.717) is 16.8 Å². The van der Waals surface area contributed by atoms with E-state index in [2.05, 4.69) is 10.2 Å². The maximum Gasteiger partial charge on any atom is 0.293 e. The van der Waals surface area contributed by atoms with Crippen molar-refractivity contribution in [2.75, 3.05) is 0 Å². The average molecular weight is 301 g/mol. The summed E-state index contributed by atoms with van der Waals surface area (Å²) in [6.07, 6.45) is 1.51. The Labute approximate surface area is 123 Å². The molecule has 2 N–H and O–H groups in total. The lowest BCUT2D eigenvalue weighted by molar-refractivity contribution is -0.118. The fraction of sp³-hybridized carbons (Fsp3) is 0.143. The highest BCUT2D eigenvalue weighted by Gasteiger charge is 2.15. The van der Waals surface area contributed by atoms with Crippen LogP contribution in [0, 0.1) is 12.7 Å². The second kappa shape index (κ2) is 5.06. The number of carbonyl (C=O) groups excluding carboxylic acids is 1. The molecule has 0 spiro atoms. The van der Waals surface area contributed by atoms with Gasteiger partial charge in [-0.2, -0.15) is 10.2 Å². The number of aromatic nitrogens is 4. The third-order valence-electron chi connectivity index (χ3n) is 3.24. The van der Waals surface area contributed by atoms with E-state index in [1.54, 1.807) is 6.92 Å². The Kier molecular flexibility index (Phi) is 3.21. The van der Waals surface area contributed by atoms with Crippen LogP contribution in [0.25, 0.3) is 16.6 Å². The Morgan fingerprint density at radius 1 is 1.32 bits per heavy atom.